The third-order valence-electron chi connectivity index (χ3n) is 2.78. The molecule has 1 heterocycles. The van der Waals surface area contributed by atoms with E-state index in [2.05, 4.69) is 29.4 Å². The molecular weight excluding hydrogens is 281 g/mol. The zero-order chi connectivity index (χ0) is 13.8. The van der Waals surface area contributed by atoms with Gasteiger partial charge in [-0.05, 0) is 30.7 Å². The summed E-state index contributed by atoms with van der Waals surface area (Å²) in [5, 5.41) is 11.8. The maximum atomic E-state index is 6.22. The maximum Gasteiger partial charge on any atom is 0.0710 e. The molecule has 0 aliphatic carbocycles. The summed E-state index contributed by atoms with van der Waals surface area (Å²) in [6.45, 7) is 6.08. The number of H-pyrrole nitrogens is 1. The quantitative estimate of drug-likeness (QED) is 0.871. The monoisotopic (exact) mass is 297 g/mol. The van der Waals surface area contributed by atoms with Gasteiger partial charge in [-0.3, -0.25) is 5.10 Å². The predicted molar refractivity (Wildman–Crippen MR) is 80.6 cm³/mol. The van der Waals surface area contributed by atoms with E-state index >= 15 is 0 Å². The van der Waals surface area contributed by atoms with Crippen LogP contribution in [0.5, 0.6) is 0 Å². The van der Waals surface area contributed by atoms with Crippen molar-refractivity contribution in [3.63, 3.8) is 0 Å². The van der Waals surface area contributed by atoms with Gasteiger partial charge in [-0.25, -0.2) is 0 Å². The molecule has 2 N–H and O–H groups in total. The first-order valence-corrected chi connectivity index (χ1v) is 7.02. The minimum Gasteiger partial charge on any atom is -0.312 e. The first-order valence-electron chi connectivity index (χ1n) is 6.26. The molecule has 102 valence electrons. The average molecular weight is 298 g/mol. The van der Waals surface area contributed by atoms with Crippen molar-refractivity contribution in [3.05, 3.63) is 40.0 Å². The molecule has 0 unspecified atom stereocenters. The zero-order valence-corrected chi connectivity index (χ0v) is 12.5. The van der Waals surface area contributed by atoms with E-state index in [0.717, 1.165) is 29.9 Å². The Morgan fingerprint density at radius 2 is 2.11 bits per heavy atom. The van der Waals surface area contributed by atoms with Gasteiger partial charge in [0.1, 0.15) is 0 Å². The van der Waals surface area contributed by atoms with E-state index in [1.807, 2.05) is 12.3 Å². The molecule has 5 heteroatoms. The number of nitrogens with zero attached hydrogens (tertiary/aromatic N) is 1. The normalized spacial score (nSPS) is 11.2. The van der Waals surface area contributed by atoms with Crippen LogP contribution in [0.1, 0.15) is 19.4 Å². The molecule has 0 atom stereocenters. The number of hydrogen-bond acceptors (Lipinski definition) is 2. The van der Waals surface area contributed by atoms with Crippen molar-refractivity contribution in [2.24, 2.45) is 5.92 Å². The lowest BCUT2D eigenvalue weighted by atomic mass is 10.1. The molecule has 0 amide bonds. The third kappa shape index (κ3) is 3.72. The third-order valence-corrected chi connectivity index (χ3v) is 3.35. The zero-order valence-electron chi connectivity index (χ0n) is 11.0. The highest BCUT2D eigenvalue weighted by Crippen LogP contribution is 2.31. The Bertz CT molecular complexity index is 549. The van der Waals surface area contributed by atoms with Crippen LogP contribution in [0, 0.1) is 5.92 Å². The van der Waals surface area contributed by atoms with Crippen molar-refractivity contribution in [2.45, 2.75) is 20.4 Å². The Hall–Kier alpha value is -1.03. The number of aromatic nitrogens is 2. The van der Waals surface area contributed by atoms with Gasteiger partial charge in [0.15, 0.2) is 0 Å². The van der Waals surface area contributed by atoms with E-state index in [4.69, 9.17) is 23.2 Å². The highest BCUT2D eigenvalue weighted by molar-refractivity contribution is 6.35. The van der Waals surface area contributed by atoms with Crippen molar-refractivity contribution < 1.29 is 0 Å². The van der Waals surface area contributed by atoms with Crippen molar-refractivity contribution in [2.75, 3.05) is 6.54 Å². The second-order valence-electron chi connectivity index (χ2n) is 4.92. The molecule has 2 aromatic rings. The minimum absolute atomic E-state index is 0.616. The molecule has 1 aromatic heterocycles. The van der Waals surface area contributed by atoms with Crippen LogP contribution in [0.15, 0.2) is 24.4 Å². The SMILES string of the molecule is CC(C)CNCc1cn[nH]c1-c1cc(Cl)ccc1Cl. The number of halogens is 2. The van der Waals surface area contributed by atoms with Crippen LogP contribution in [0.2, 0.25) is 10.0 Å². The molecule has 0 saturated carbocycles. The Kier molecular flexibility index (Phi) is 4.86. The lowest BCUT2D eigenvalue weighted by Gasteiger charge is -2.09. The van der Waals surface area contributed by atoms with Crippen molar-refractivity contribution in [3.8, 4) is 11.3 Å². The highest BCUT2D eigenvalue weighted by atomic mass is 35.5. The van der Waals surface area contributed by atoms with E-state index in [9.17, 15) is 0 Å². The van der Waals surface area contributed by atoms with Gasteiger partial charge in [0, 0.05) is 22.7 Å². The van der Waals surface area contributed by atoms with Gasteiger partial charge in [0.05, 0.1) is 16.9 Å². The standard InChI is InChI=1S/C14H17Cl2N3/c1-9(2)6-17-7-10-8-18-19-14(10)12-5-11(15)3-4-13(12)16/h3-5,8-9,17H,6-7H2,1-2H3,(H,18,19). The molecule has 0 aliphatic heterocycles. The molecule has 3 nitrogen and oxygen atoms in total. The van der Waals surface area contributed by atoms with Gasteiger partial charge in [0.25, 0.3) is 0 Å². The van der Waals surface area contributed by atoms with Crippen LogP contribution >= 0.6 is 23.2 Å². The molecule has 0 aliphatic rings. The molecule has 2 rings (SSSR count). The molecular formula is C14H17Cl2N3. The molecule has 0 radical (unpaired) electrons. The molecule has 0 saturated heterocycles. The number of aromatic amines is 1. The smallest absolute Gasteiger partial charge is 0.0710 e. The lowest BCUT2D eigenvalue weighted by molar-refractivity contribution is 0.553. The van der Waals surface area contributed by atoms with Crippen LogP contribution in [-0.2, 0) is 6.54 Å². The summed E-state index contributed by atoms with van der Waals surface area (Å²) in [5.74, 6) is 0.616. The fraction of sp³-hybridized carbons (Fsp3) is 0.357. The van der Waals surface area contributed by atoms with Gasteiger partial charge in [-0.15, -0.1) is 0 Å². The number of nitrogens with one attached hydrogen (secondary N) is 2. The van der Waals surface area contributed by atoms with Crippen LogP contribution in [0.3, 0.4) is 0 Å². The Labute approximate surface area is 123 Å². The summed E-state index contributed by atoms with van der Waals surface area (Å²) in [7, 11) is 0. The Morgan fingerprint density at radius 3 is 2.84 bits per heavy atom. The van der Waals surface area contributed by atoms with Crippen LogP contribution in [-0.4, -0.2) is 16.7 Å². The second kappa shape index (κ2) is 6.42. The lowest BCUT2D eigenvalue weighted by Crippen LogP contribution is -2.19. The fourth-order valence-corrected chi connectivity index (χ4v) is 2.25. The number of benzene rings is 1. The summed E-state index contributed by atoms with van der Waals surface area (Å²) in [5.41, 5.74) is 2.89. The summed E-state index contributed by atoms with van der Waals surface area (Å²) in [6, 6.07) is 5.43. The van der Waals surface area contributed by atoms with Gasteiger partial charge in [-0.2, -0.15) is 5.10 Å². The number of rotatable bonds is 5. The van der Waals surface area contributed by atoms with E-state index in [1.54, 1.807) is 12.1 Å². The molecule has 19 heavy (non-hydrogen) atoms. The van der Waals surface area contributed by atoms with E-state index in [1.165, 1.54) is 0 Å². The van der Waals surface area contributed by atoms with Crippen molar-refractivity contribution >= 4 is 23.2 Å². The Morgan fingerprint density at radius 1 is 1.32 bits per heavy atom. The summed E-state index contributed by atoms with van der Waals surface area (Å²) >= 11 is 12.2. The molecule has 0 spiro atoms. The van der Waals surface area contributed by atoms with Crippen molar-refractivity contribution in [1.29, 1.82) is 0 Å². The first-order chi connectivity index (χ1) is 9.08. The van der Waals surface area contributed by atoms with Gasteiger partial charge < -0.3 is 5.32 Å². The summed E-state index contributed by atoms with van der Waals surface area (Å²) in [4.78, 5) is 0. The van der Waals surface area contributed by atoms with Crippen molar-refractivity contribution in [1.82, 2.24) is 15.5 Å². The largest absolute Gasteiger partial charge is 0.312 e. The second-order valence-corrected chi connectivity index (χ2v) is 5.76. The number of hydrogen-bond donors (Lipinski definition) is 2. The van der Waals surface area contributed by atoms with Crippen LogP contribution in [0.25, 0.3) is 11.3 Å². The summed E-state index contributed by atoms with van der Waals surface area (Å²) in [6.07, 6.45) is 1.82. The Balaban J connectivity index is 2.21. The maximum absolute atomic E-state index is 6.22. The molecule has 0 fully saturated rings. The minimum atomic E-state index is 0.616. The van der Waals surface area contributed by atoms with Crippen LogP contribution < -0.4 is 5.32 Å². The predicted octanol–water partition coefficient (Wildman–Crippen LogP) is 4.13. The van der Waals surface area contributed by atoms with Gasteiger partial charge >= 0.3 is 0 Å². The average Bonchev–Trinajstić information content (AvgIpc) is 2.80. The first kappa shape index (κ1) is 14.4. The highest BCUT2D eigenvalue weighted by Gasteiger charge is 2.11. The van der Waals surface area contributed by atoms with E-state index in [-0.39, 0.29) is 0 Å². The van der Waals surface area contributed by atoms with Crippen LogP contribution in [0.4, 0.5) is 0 Å². The van der Waals surface area contributed by atoms with Gasteiger partial charge in [0.2, 0.25) is 0 Å². The topological polar surface area (TPSA) is 40.7 Å². The molecule has 1 aromatic carbocycles. The van der Waals surface area contributed by atoms with Gasteiger partial charge in [-0.1, -0.05) is 37.0 Å². The van der Waals surface area contributed by atoms with E-state index < -0.39 is 0 Å². The van der Waals surface area contributed by atoms with E-state index in [0.29, 0.717) is 16.0 Å². The molecule has 0 bridgehead atoms. The summed E-state index contributed by atoms with van der Waals surface area (Å²) < 4.78 is 0. The fourth-order valence-electron chi connectivity index (χ4n) is 1.86.